The van der Waals surface area contributed by atoms with Gasteiger partial charge in [0.05, 0.1) is 12.3 Å². The van der Waals surface area contributed by atoms with Gasteiger partial charge in [0, 0.05) is 31.5 Å². The summed E-state index contributed by atoms with van der Waals surface area (Å²) in [7, 11) is 1.70. The second-order valence-electron chi connectivity index (χ2n) is 6.58. The zero-order valence-electron chi connectivity index (χ0n) is 15.1. The molecule has 0 aromatic carbocycles. The number of nitrogens with one attached hydrogen (secondary N) is 1. The lowest BCUT2D eigenvalue weighted by molar-refractivity contribution is 0.0810. The maximum atomic E-state index is 12.8. The lowest BCUT2D eigenvalue weighted by Crippen LogP contribution is -2.19. The van der Waals surface area contributed by atoms with E-state index in [1.165, 1.54) is 10.7 Å². The van der Waals surface area contributed by atoms with Gasteiger partial charge in [0.15, 0.2) is 5.65 Å². The third-order valence-electron chi connectivity index (χ3n) is 4.14. The van der Waals surface area contributed by atoms with Crippen LogP contribution in [0.2, 0.25) is 0 Å². The van der Waals surface area contributed by atoms with Gasteiger partial charge >= 0.3 is 0 Å². The number of fused-ring (bicyclic) bond motifs is 2. The van der Waals surface area contributed by atoms with Crippen molar-refractivity contribution in [3.8, 4) is 5.88 Å². The van der Waals surface area contributed by atoms with Crippen LogP contribution >= 0.6 is 0 Å². The molecule has 138 valence electrons. The Balaban J connectivity index is 1.71. The van der Waals surface area contributed by atoms with Crippen LogP contribution in [0.25, 0.3) is 5.65 Å². The van der Waals surface area contributed by atoms with Gasteiger partial charge in [0.1, 0.15) is 16.9 Å². The summed E-state index contributed by atoms with van der Waals surface area (Å²) in [5, 5.41) is 6.95. The Kier molecular flexibility index (Phi) is 3.98. The molecule has 0 radical (unpaired) electrons. The van der Waals surface area contributed by atoms with Crippen molar-refractivity contribution >= 4 is 23.1 Å². The molecule has 0 atom stereocenters. The Morgan fingerprint density at radius 2 is 2.19 bits per heavy atom. The number of ether oxygens (including phenoxy) is 1. The molecule has 27 heavy (non-hydrogen) atoms. The average Bonchev–Trinajstić information content (AvgIpc) is 3.17. The summed E-state index contributed by atoms with van der Waals surface area (Å²) in [6.07, 6.45) is 4.60. The fourth-order valence-corrected chi connectivity index (χ4v) is 2.93. The molecule has 1 N–H and O–H groups in total. The van der Waals surface area contributed by atoms with Crippen molar-refractivity contribution in [1.82, 2.24) is 24.5 Å². The van der Waals surface area contributed by atoms with Crippen LogP contribution in [0.15, 0.2) is 30.7 Å². The van der Waals surface area contributed by atoms with E-state index in [4.69, 9.17) is 4.74 Å². The first-order valence-corrected chi connectivity index (χ1v) is 8.50. The molecule has 9 heteroatoms. The third-order valence-corrected chi connectivity index (χ3v) is 4.14. The van der Waals surface area contributed by atoms with Gasteiger partial charge in [0.25, 0.3) is 11.8 Å². The van der Waals surface area contributed by atoms with Crippen LogP contribution < -0.4 is 10.1 Å². The summed E-state index contributed by atoms with van der Waals surface area (Å²) in [6, 6.07) is 3.46. The maximum Gasteiger partial charge on any atom is 0.273 e. The van der Waals surface area contributed by atoms with Crippen molar-refractivity contribution in [2.24, 2.45) is 0 Å². The fourth-order valence-electron chi connectivity index (χ4n) is 2.93. The third kappa shape index (κ3) is 2.97. The van der Waals surface area contributed by atoms with Crippen LogP contribution in [0, 0.1) is 0 Å². The molecule has 0 saturated carbocycles. The van der Waals surface area contributed by atoms with Crippen molar-refractivity contribution in [3.05, 3.63) is 47.5 Å². The van der Waals surface area contributed by atoms with E-state index in [0.717, 1.165) is 5.56 Å². The van der Waals surface area contributed by atoms with E-state index < -0.39 is 0 Å². The van der Waals surface area contributed by atoms with Gasteiger partial charge in [-0.15, -0.1) is 0 Å². The number of carbonyl (C=O) groups is 2. The first-order valence-electron chi connectivity index (χ1n) is 8.50. The van der Waals surface area contributed by atoms with Crippen molar-refractivity contribution in [1.29, 1.82) is 0 Å². The predicted molar refractivity (Wildman–Crippen MR) is 96.7 cm³/mol. The molecule has 0 spiro atoms. The van der Waals surface area contributed by atoms with Crippen molar-refractivity contribution in [2.45, 2.75) is 26.5 Å². The zero-order valence-corrected chi connectivity index (χ0v) is 15.1. The second kappa shape index (κ2) is 6.35. The normalized spacial score (nSPS) is 13.3. The fraction of sp³-hybridized carbons (Fsp3) is 0.278. The van der Waals surface area contributed by atoms with Crippen molar-refractivity contribution in [3.63, 3.8) is 0 Å². The smallest absolute Gasteiger partial charge is 0.273 e. The van der Waals surface area contributed by atoms with E-state index in [9.17, 15) is 9.59 Å². The summed E-state index contributed by atoms with van der Waals surface area (Å²) in [4.78, 5) is 35.1. The van der Waals surface area contributed by atoms with Gasteiger partial charge < -0.3 is 15.0 Å². The predicted octanol–water partition coefficient (Wildman–Crippen LogP) is 1.75. The van der Waals surface area contributed by atoms with E-state index in [0.29, 0.717) is 29.1 Å². The van der Waals surface area contributed by atoms with Gasteiger partial charge in [-0.05, 0) is 26.0 Å². The summed E-state index contributed by atoms with van der Waals surface area (Å²) in [6.45, 7) is 4.14. The van der Waals surface area contributed by atoms with E-state index >= 15 is 0 Å². The number of hydrogen-bond donors (Lipinski definition) is 1. The molecular formula is C18H18N6O3. The number of hydrogen-bond acceptors (Lipinski definition) is 6. The summed E-state index contributed by atoms with van der Waals surface area (Å²) >= 11 is 0. The standard InChI is InChI=1S/C18H18N6O3/c1-10(2)27-17-13(7-11-9-23(3)18(26)14(11)22-17)21-16(25)12-8-20-24-6-4-5-19-15(12)24/h4-8,10H,9H2,1-3H3,(H,21,25). The minimum atomic E-state index is -0.378. The number of carbonyl (C=O) groups excluding carboxylic acids is 2. The molecule has 3 aromatic rings. The van der Waals surface area contributed by atoms with E-state index in [1.54, 1.807) is 36.5 Å². The molecule has 4 heterocycles. The van der Waals surface area contributed by atoms with Crippen LogP contribution in [-0.2, 0) is 6.54 Å². The van der Waals surface area contributed by atoms with Crippen LogP contribution in [-0.4, -0.2) is 49.4 Å². The Hall–Kier alpha value is -3.49. The lowest BCUT2D eigenvalue weighted by Gasteiger charge is -2.14. The molecule has 3 aromatic heterocycles. The largest absolute Gasteiger partial charge is 0.473 e. The first kappa shape index (κ1) is 17.0. The first-order chi connectivity index (χ1) is 12.9. The number of aromatic nitrogens is 4. The molecule has 0 fully saturated rings. The topological polar surface area (TPSA) is 102 Å². The van der Waals surface area contributed by atoms with Crippen molar-refractivity contribution in [2.75, 3.05) is 12.4 Å². The highest BCUT2D eigenvalue weighted by Crippen LogP contribution is 2.31. The van der Waals surface area contributed by atoms with Gasteiger partial charge in [-0.1, -0.05) is 0 Å². The molecule has 4 rings (SSSR count). The van der Waals surface area contributed by atoms with E-state index in [1.807, 2.05) is 13.8 Å². The molecule has 1 aliphatic rings. The number of nitrogens with zero attached hydrogens (tertiary/aromatic N) is 5. The van der Waals surface area contributed by atoms with Crippen LogP contribution in [0.1, 0.15) is 40.3 Å². The Bertz CT molecular complexity index is 1060. The maximum absolute atomic E-state index is 12.8. The molecule has 0 unspecified atom stereocenters. The van der Waals surface area contributed by atoms with Crippen molar-refractivity contribution < 1.29 is 14.3 Å². The van der Waals surface area contributed by atoms with E-state index in [2.05, 4.69) is 20.4 Å². The van der Waals surface area contributed by atoms with Gasteiger partial charge in [-0.3, -0.25) is 9.59 Å². The SMILES string of the molecule is CC(C)Oc1nc2c(cc1NC(=O)c1cnn3cccnc13)CN(C)C2=O. The molecule has 2 amide bonds. The quantitative estimate of drug-likeness (QED) is 0.755. The minimum absolute atomic E-state index is 0.164. The lowest BCUT2D eigenvalue weighted by atomic mass is 10.2. The highest BCUT2D eigenvalue weighted by atomic mass is 16.5. The molecular weight excluding hydrogens is 348 g/mol. The van der Waals surface area contributed by atoms with Crippen LogP contribution in [0.5, 0.6) is 5.88 Å². The molecule has 9 nitrogen and oxygen atoms in total. The summed E-state index contributed by atoms with van der Waals surface area (Å²) in [5.74, 6) is -0.328. The molecule has 1 aliphatic heterocycles. The van der Waals surface area contributed by atoms with Crippen LogP contribution in [0.3, 0.4) is 0 Å². The summed E-state index contributed by atoms with van der Waals surface area (Å²) < 4.78 is 7.25. The highest BCUT2D eigenvalue weighted by molar-refractivity contribution is 6.09. The molecule has 0 saturated heterocycles. The zero-order chi connectivity index (χ0) is 19.1. The Labute approximate surface area is 155 Å². The average molecular weight is 366 g/mol. The number of anilines is 1. The van der Waals surface area contributed by atoms with Crippen LogP contribution in [0.4, 0.5) is 5.69 Å². The molecule has 0 aliphatic carbocycles. The number of pyridine rings is 1. The Morgan fingerprint density at radius 1 is 1.37 bits per heavy atom. The highest BCUT2D eigenvalue weighted by Gasteiger charge is 2.29. The molecule has 0 bridgehead atoms. The van der Waals surface area contributed by atoms with Gasteiger partial charge in [0.2, 0.25) is 5.88 Å². The van der Waals surface area contributed by atoms with Gasteiger partial charge in [-0.2, -0.15) is 5.10 Å². The number of rotatable bonds is 4. The minimum Gasteiger partial charge on any atom is -0.473 e. The van der Waals surface area contributed by atoms with E-state index in [-0.39, 0.29) is 23.8 Å². The summed E-state index contributed by atoms with van der Waals surface area (Å²) in [5.41, 5.74) is 2.28. The monoisotopic (exact) mass is 366 g/mol. The number of amides is 2. The van der Waals surface area contributed by atoms with Gasteiger partial charge in [-0.25, -0.2) is 14.5 Å². The second-order valence-corrected chi connectivity index (χ2v) is 6.58. The Morgan fingerprint density at radius 3 is 2.96 bits per heavy atom.